The molecule has 31 heavy (non-hydrogen) atoms. The van der Waals surface area contributed by atoms with E-state index in [-0.39, 0.29) is 11.7 Å². The fourth-order valence-corrected chi connectivity index (χ4v) is 2.90. The maximum Gasteiger partial charge on any atom is 0.276 e. The molecule has 0 bridgehead atoms. The van der Waals surface area contributed by atoms with Gasteiger partial charge in [-0.15, -0.1) is 0 Å². The number of thiocarbonyl (C=S) groups is 1. The lowest BCUT2D eigenvalue weighted by Gasteiger charge is -2.12. The third-order valence-electron chi connectivity index (χ3n) is 4.24. The van der Waals surface area contributed by atoms with Crippen molar-refractivity contribution in [1.82, 2.24) is 16.2 Å². The van der Waals surface area contributed by atoms with E-state index in [0.29, 0.717) is 23.7 Å². The number of hydrogen-bond acceptors (Lipinski definition) is 5. The zero-order chi connectivity index (χ0) is 22.1. The standard InChI is InChI=1S/C23H23N3O4S/c1-2-14-29-18-12-10-17(11-13-18)22(28)24-23(31)26-25-21(27)15-30-20-9-5-7-16-6-3-4-8-19(16)20/h3-13H,2,14-15H2,1H3,(H,25,27)(H2,24,26,28,31). The van der Waals surface area contributed by atoms with Crippen LogP contribution in [0.5, 0.6) is 11.5 Å². The minimum Gasteiger partial charge on any atom is -0.494 e. The van der Waals surface area contributed by atoms with Crippen molar-refractivity contribution in [2.75, 3.05) is 13.2 Å². The van der Waals surface area contributed by atoms with Crippen molar-refractivity contribution in [1.29, 1.82) is 0 Å². The van der Waals surface area contributed by atoms with Crippen LogP contribution in [0.2, 0.25) is 0 Å². The molecule has 0 radical (unpaired) electrons. The second kappa shape index (κ2) is 10.9. The molecule has 8 heteroatoms. The summed E-state index contributed by atoms with van der Waals surface area (Å²) in [5.41, 5.74) is 5.31. The Morgan fingerprint density at radius 2 is 1.65 bits per heavy atom. The van der Waals surface area contributed by atoms with Gasteiger partial charge in [0.2, 0.25) is 0 Å². The zero-order valence-corrected chi connectivity index (χ0v) is 17.8. The van der Waals surface area contributed by atoms with Crippen LogP contribution < -0.4 is 25.6 Å². The smallest absolute Gasteiger partial charge is 0.276 e. The van der Waals surface area contributed by atoms with Crippen LogP contribution in [0.4, 0.5) is 0 Å². The maximum absolute atomic E-state index is 12.2. The summed E-state index contributed by atoms with van der Waals surface area (Å²) in [4.78, 5) is 24.3. The predicted octanol–water partition coefficient (Wildman–Crippen LogP) is 3.34. The Labute approximate surface area is 185 Å². The fourth-order valence-electron chi connectivity index (χ4n) is 2.76. The molecule has 0 fully saturated rings. The molecule has 0 saturated carbocycles. The Kier molecular flexibility index (Phi) is 7.78. The average molecular weight is 438 g/mol. The molecule has 3 N–H and O–H groups in total. The number of benzene rings is 3. The lowest BCUT2D eigenvalue weighted by molar-refractivity contribution is -0.123. The van der Waals surface area contributed by atoms with Gasteiger partial charge in [-0.25, -0.2) is 0 Å². The first-order valence-electron chi connectivity index (χ1n) is 9.80. The largest absolute Gasteiger partial charge is 0.494 e. The van der Waals surface area contributed by atoms with E-state index >= 15 is 0 Å². The molecule has 0 aliphatic carbocycles. The number of carbonyl (C=O) groups is 2. The lowest BCUT2D eigenvalue weighted by Crippen LogP contribution is -2.49. The highest BCUT2D eigenvalue weighted by Gasteiger charge is 2.10. The molecule has 2 amide bonds. The number of ether oxygens (including phenoxy) is 2. The second-order valence-electron chi connectivity index (χ2n) is 6.60. The first-order chi connectivity index (χ1) is 15.1. The van der Waals surface area contributed by atoms with Gasteiger partial charge < -0.3 is 9.47 Å². The monoisotopic (exact) mass is 437 g/mol. The highest BCUT2D eigenvalue weighted by Crippen LogP contribution is 2.24. The van der Waals surface area contributed by atoms with Gasteiger partial charge >= 0.3 is 0 Å². The van der Waals surface area contributed by atoms with E-state index in [9.17, 15) is 9.59 Å². The van der Waals surface area contributed by atoms with Gasteiger partial charge in [0.25, 0.3) is 11.8 Å². The van der Waals surface area contributed by atoms with Crippen molar-refractivity contribution in [3.05, 3.63) is 72.3 Å². The van der Waals surface area contributed by atoms with E-state index in [0.717, 1.165) is 17.2 Å². The molecular formula is C23H23N3O4S. The molecule has 3 aromatic carbocycles. The van der Waals surface area contributed by atoms with Crippen molar-refractivity contribution < 1.29 is 19.1 Å². The first kappa shape index (κ1) is 22.0. The quantitative estimate of drug-likeness (QED) is 0.388. The van der Waals surface area contributed by atoms with E-state index in [1.165, 1.54) is 0 Å². The molecular weight excluding hydrogens is 414 g/mol. The van der Waals surface area contributed by atoms with Crippen LogP contribution in [0, 0.1) is 0 Å². The fraction of sp³-hybridized carbons (Fsp3) is 0.174. The number of carbonyl (C=O) groups excluding carboxylic acids is 2. The Bertz CT molecular complexity index is 1060. The SMILES string of the molecule is CCCOc1ccc(C(=O)NC(=S)NNC(=O)COc2cccc3ccccc23)cc1. The number of amides is 2. The van der Waals surface area contributed by atoms with Gasteiger partial charge in [-0.05, 0) is 54.4 Å². The summed E-state index contributed by atoms with van der Waals surface area (Å²) in [6.45, 7) is 2.42. The summed E-state index contributed by atoms with van der Waals surface area (Å²) in [5.74, 6) is 0.454. The molecule has 0 aliphatic rings. The van der Waals surface area contributed by atoms with Crippen molar-refractivity contribution in [3.8, 4) is 11.5 Å². The van der Waals surface area contributed by atoms with Crippen LogP contribution in [0.25, 0.3) is 10.8 Å². The van der Waals surface area contributed by atoms with Gasteiger partial charge in [0.05, 0.1) is 6.61 Å². The van der Waals surface area contributed by atoms with Crippen LogP contribution in [0.15, 0.2) is 66.7 Å². The number of hydrazine groups is 1. The molecule has 7 nitrogen and oxygen atoms in total. The number of rotatable bonds is 7. The van der Waals surface area contributed by atoms with Crippen LogP contribution in [0.3, 0.4) is 0 Å². The van der Waals surface area contributed by atoms with Gasteiger partial charge in [0, 0.05) is 10.9 Å². The molecule has 3 rings (SSSR count). The average Bonchev–Trinajstić information content (AvgIpc) is 2.80. The van der Waals surface area contributed by atoms with E-state index in [2.05, 4.69) is 16.2 Å². The third kappa shape index (κ3) is 6.42. The number of nitrogens with one attached hydrogen (secondary N) is 3. The lowest BCUT2D eigenvalue weighted by atomic mass is 10.1. The predicted molar refractivity (Wildman–Crippen MR) is 123 cm³/mol. The Balaban J connectivity index is 1.43. The third-order valence-corrected chi connectivity index (χ3v) is 4.44. The van der Waals surface area contributed by atoms with Gasteiger partial charge in [0.1, 0.15) is 11.5 Å². The summed E-state index contributed by atoms with van der Waals surface area (Å²) in [5, 5.41) is 4.40. The molecule has 0 heterocycles. The highest BCUT2D eigenvalue weighted by molar-refractivity contribution is 7.80. The topological polar surface area (TPSA) is 88.7 Å². The zero-order valence-electron chi connectivity index (χ0n) is 17.0. The molecule has 0 unspecified atom stereocenters. The van der Waals surface area contributed by atoms with E-state index in [1.54, 1.807) is 30.3 Å². The Hall–Kier alpha value is -3.65. The van der Waals surface area contributed by atoms with Gasteiger partial charge in [-0.2, -0.15) is 0 Å². The van der Waals surface area contributed by atoms with Crippen molar-refractivity contribution in [2.24, 2.45) is 0 Å². The van der Waals surface area contributed by atoms with Crippen molar-refractivity contribution in [3.63, 3.8) is 0 Å². The van der Waals surface area contributed by atoms with E-state index in [1.807, 2.05) is 43.3 Å². The molecule has 0 spiro atoms. The summed E-state index contributed by atoms with van der Waals surface area (Å²) in [7, 11) is 0. The molecule has 3 aromatic rings. The summed E-state index contributed by atoms with van der Waals surface area (Å²) in [6.07, 6.45) is 0.904. The molecule has 160 valence electrons. The number of fused-ring (bicyclic) bond motifs is 1. The minimum atomic E-state index is -0.443. The van der Waals surface area contributed by atoms with Crippen molar-refractivity contribution >= 4 is 39.9 Å². The van der Waals surface area contributed by atoms with E-state index < -0.39 is 11.8 Å². The van der Waals surface area contributed by atoms with Crippen LogP contribution >= 0.6 is 12.2 Å². The summed E-state index contributed by atoms with van der Waals surface area (Å²) in [6, 6.07) is 20.1. The summed E-state index contributed by atoms with van der Waals surface area (Å²) >= 11 is 5.05. The molecule has 0 saturated heterocycles. The molecule has 0 aromatic heterocycles. The second-order valence-corrected chi connectivity index (χ2v) is 7.00. The van der Waals surface area contributed by atoms with E-state index in [4.69, 9.17) is 21.7 Å². The van der Waals surface area contributed by atoms with Crippen molar-refractivity contribution in [2.45, 2.75) is 13.3 Å². The van der Waals surface area contributed by atoms with Gasteiger partial charge in [-0.1, -0.05) is 43.3 Å². The first-order valence-corrected chi connectivity index (χ1v) is 10.2. The Morgan fingerprint density at radius 1 is 0.903 bits per heavy atom. The minimum absolute atomic E-state index is 0.0326. The Morgan fingerprint density at radius 3 is 2.42 bits per heavy atom. The van der Waals surface area contributed by atoms with Crippen LogP contribution in [-0.4, -0.2) is 30.1 Å². The van der Waals surface area contributed by atoms with Crippen LogP contribution in [0.1, 0.15) is 23.7 Å². The number of hydrogen-bond donors (Lipinski definition) is 3. The highest BCUT2D eigenvalue weighted by atomic mass is 32.1. The molecule has 0 aliphatic heterocycles. The van der Waals surface area contributed by atoms with Gasteiger partial charge in [-0.3, -0.25) is 25.8 Å². The maximum atomic E-state index is 12.2. The normalized spacial score (nSPS) is 10.2. The van der Waals surface area contributed by atoms with Crippen LogP contribution in [-0.2, 0) is 4.79 Å². The summed E-state index contributed by atoms with van der Waals surface area (Å²) < 4.78 is 11.1. The van der Waals surface area contributed by atoms with Gasteiger partial charge in [0.15, 0.2) is 11.7 Å². The molecule has 0 atom stereocenters.